The van der Waals surface area contributed by atoms with Gasteiger partial charge in [0.25, 0.3) is 8.53 Å². The van der Waals surface area contributed by atoms with E-state index >= 15 is 0 Å². The van der Waals surface area contributed by atoms with Crippen molar-refractivity contribution in [2.24, 2.45) is 0 Å². The molecule has 1 atom stereocenters. The molecule has 7 heteroatoms. The van der Waals surface area contributed by atoms with Crippen LogP contribution < -0.4 is 10.1 Å². The summed E-state index contributed by atoms with van der Waals surface area (Å²) in [5, 5.41) is 3.98. The minimum absolute atomic E-state index is 0.315. The lowest BCUT2D eigenvalue weighted by molar-refractivity contribution is 0.176. The molecule has 0 bridgehead atoms. The normalized spacial score (nSPS) is 12.5. The summed E-state index contributed by atoms with van der Waals surface area (Å²) in [6, 6.07) is 30.4. The smallest absolute Gasteiger partial charge is 0.259 e. The Balaban J connectivity index is 1.63. The molecule has 1 unspecified atom stereocenters. The summed E-state index contributed by atoms with van der Waals surface area (Å²) >= 11 is 0. The first-order valence-electron chi connectivity index (χ1n) is 15.1. The Morgan fingerprint density at radius 3 is 1.79 bits per heavy atom. The van der Waals surface area contributed by atoms with Crippen molar-refractivity contribution < 1.29 is 13.8 Å². The molecular formula is C35H48N3O3P. The third-order valence-corrected chi connectivity index (χ3v) is 9.36. The van der Waals surface area contributed by atoms with Crippen molar-refractivity contribution in [3.05, 3.63) is 113 Å². The number of hydrogen-bond donors (Lipinski definition) is 1. The number of rotatable bonds is 19. The van der Waals surface area contributed by atoms with E-state index in [0.717, 1.165) is 38.0 Å². The molecule has 0 amide bonds. The van der Waals surface area contributed by atoms with E-state index in [0.29, 0.717) is 31.8 Å². The first-order valence-corrected chi connectivity index (χ1v) is 16.2. The molecule has 1 N–H and O–H groups in total. The van der Waals surface area contributed by atoms with Gasteiger partial charge in [-0.25, -0.2) is 11.2 Å². The van der Waals surface area contributed by atoms with Crippen LogP contribution >= 0.6 is 8.53 Å². The zero-order chi connectivity index (χ0) is 30.2. The van der Waals surface area contributed by atoms with E-state index in [1.807, 2.05) is 12.1 Å². The molecule has 0 saturated heterocycles. The van der Waals surface area contributed by atoms with E-state index in [2.05, 4.69) is 115 Å². The highest BCUT2D eigenvalue weighted by atomic mass is 31.2. The molecule has 6 nitrogen and oxygen atoms in total. The molecule has 0 aliphatic heterocycles. The number of nitrogens with zero attached hydrogens (tertiary/aromatic N) is 2. The molecule has 0 fully saturated rings. The molecular weight excluding hydrogens is 541 g/mol. The lowest BCUT2D eigenvalue weighted by Crippen LogP contribution is -2.45. The Bertz CT molecular complexity index is 1140. The largest absolute Gasteiger partial charge is 0.497 e. The average Bonchev–Trinajstić information content (AvgIpc) is 3.01. The molecule has 0 heterocycles. The van der Waals surface area contributed by atoms with Gasteiger partial charge in [0.2, 0.25) is 6.54 Å². The Morgan fingerprint density at radius 1 is 0.738 bits per heavy atom. The zero-order valence-electron chi connectivity index (χ0n) is 26.0. The van der Waals surface area contributed by atoms with Gasteiger partial charge in [-0.05, 0) is 75.9 Å². The summed E-state index contributed by atoms with van der Waals surface area (Å²) in [5.74, 6) is 0.848. The summed E-state index contributed by atoms with van der Waals surface area (Å²) in [5.41, 5.74) is 3.12. The molecule has 3 aromatic rings. The molecule has 226 valence electrons. The number of hydrogen-bond acceptors (Lipinski definition) is 5. The van der Waals surface area contributed by atoms with Gasteiger partial charge in [-0.2, -0.15) is 0 Å². The van der Waals surface area contributed by atoms with E-state index in [-0.39, 0.29) is 0 Å². The highest BCUT2D eigenvalue weighted by molar-refractivity contribution is 7.44. The summed E-state index contributed by atoms with van der Waals surface area (Å²) in [4.78, 5) is 3.43. The highest BCUT2D eigenvalue weighted by Gasteiger charge is 2.35. The quantitative estimate of drug-likeness (QED) is 0.0658. The van der Waals surface area contributed by atoms with Crippen molar-refractivity contribution in [3.63, 3.8) is 0 Å². The highest BCUT2D eigenvalue weighted by Crippen LogP contribution is 2.46. The van der Waals surface area contributed by atoms with Crippen LogP contribution in [-0.4, -0.2) is 50.2 Å². The first kappa shape index (κ1) is 33.7. The number of benzene rings is 3. The van der Waals surface area contributed by atoms with Gasteiger partial charge < -0.3 is 18.6 Å². The second-order valence-electron chi connectivity index (χ2n) is 10.9. The van der Waals surface area contributed by atoms with Crippen LogP contribution in [0.1, 0.15) is 70.1 Å². The van der Waals surface area contributed by atoms with Crippen LogP contribution in [0.15, 0.2) is 84.9 Å². The molecule has 0 aliphatic rings. The zero-order valence-corrected chi connectivity index (χ0v) is 26.9. The van der Waals surface area contributed by atoms with Crippen molar-refractivity contribution in [1.29, 1.82) is 0 Å². The lowest BCUT2D eigenvalue weighted by Gasteiger charge is -2.37. The Kier molecular flexibility index (Phi) is 14.5. The summed E-state index contributed by atoms with van der Waals surface area (Å²) in [7, 11) is 0.533. The van der Waals surface area contributed by atoms with Crippen LogP contribution in [0.25, 0.3) is 4.85 Å². The van der Waals surface area contributed by atoms with Crippen LogP contribution in [0.3, 0.4) is 0 Å². The number of methoxy groups -OCH3 is 1. The van der Waals surface area contributed by atoms with Crippen molar-refractivity contribution in [2.75, 3.05) is 33.4 Å². The first-order chi connectivity index (χ1) is 20.4. The maximum atomic E-state index is 7.06. The van der Waals surface area contributed by atoms with Crippen LogP contribution in [-0.2, 0) is 14.6 Å². The Morgan fingerprint density at radius 2 is 1.26 bits per heavy atom. The SMILES string of the molecule is [C-]#[N+]CCOP(OCCCCCCNC(c1ccccc1)(c1ccccc1)c1ccc(OC)cc1)N(C(C)C)C(C)C. The molecule has 0 saturated carbocycles. The summed E-state index contributed by atoms with van der Waals surface area (Å²) < 4.78 is 20.0. The maximum absolute atomic E-state index is 7.06. The fraction of sp³-hybridized carbons (Fsp3) is 0.457. The second kappa shape index (κ2) is 18.0. The molecule has 3 aromatic carbocycles. The monoisotopic (exact) mass is 589 g/mol. The van der Waals surface area contributed by atoms with Gasteiger partial charge in [0.1, 0.15) is 12.4 Å². The van der Waals surface area contributed by atoms with Gasteiger partial charge in [0, 0.05) is 12.1 Å². The Labute approximate surface area is 255 Å². The summed E-state index contributed by atoms with van der Waals surface area (Å²) in [6.07, 6.45) is 4.23. The number of unbranched alkanes of at least 4 members (excludes halogenated alkanes) is 3. The van der Waals surface area contributed by atoms with Crippen LogP contribution in [0.5, 0.6) is 5.75 Å². The minimum Gasteiger partial charge on any atom is -0.497 e. The van der Waals surface area contributed by atoms with Gasteiger partial charge in [-0.15, -0.1) is 0 Å². The minimum atomic E-state index is -1.17. The summed E-state index contributed by atoms with van der Waals surface area (Å²) in [6.45, 7) is 18.0. The van der Waals surface area contributed by atoms with E-state index in [9.17, 15) is 0 Å². The average molecular weight is 590 g/mol. The topological polar surface area (TPSA) is 47.3 Å². The number of ether oxygens (including phenoxy) is 1. The molecule has 0 radical (unpaired) electrons. The lowest BCUT2D eigenvalue weighted by atomic mass is 9.77. The van der Waals surface area contributed by atoms with Crippen molar-refractivity contribution in [2.45, 2.75) is 71.0 Å². The van der Waals surface area contributed by atoms with Crippen molar-refractivity contribution >= 4 is 8.53 Å². The molecule has 3 rings (SSSR count). The predicted octanol–water partition coefficient (Wildman–Crippen LogP) is 8.44. The second-order valence-corrected chi connectivity index (χ2v) is 12.4. The van der Waals surface area contributed by atoms with Crippen molar-refractivity contribution in [1.82, 2.24) is 9.99 Å². The fourth-order valence-electron chi connectivity index (χ4n) is 5.33. The predicted molar refractivity (Wildman–Crippen MR) is 175 cm³/mol. The van der Waals surface area contributed by atoms with E-state index in [4.69, 9.17) is 20.4 Å². The van der Waals surface area contributed by atoms with Gasteiger partial charge >= 0.3 is 0 Å². The molecule has 42 heavy (non-hydrogen) atoms. The number of nitrogens with one attached hydrogen (secondary N) is 1. The van der Waals surface area contributed by atoms with E-state index in [1.54, 1.807) is 7.11 Å². The fourth-order valence-corrected chi connectivity index (χ4v) is 6.95. The van der Waals surface area contributed by atoms with Gasteiger partial charge in [-0.1, -0.05) is 85.6 Å². The van der Waals surface area contributed by atoms with Crippen LogP contribution in [0, 0.1) is 6.57 Å². The molecule has 0 aromatic heterocycles. The van der Waals surface area contributed by atoms with Crippen molar-refractivity contribution in [3.8, 4) is 5.75 Å². The van der Waals surface area contributed by atoms with E-state index < -0.39 is 14.1 Å². The standard InChI is InChI=1S/C35H48N3O3P/c1-29(2)38(30(3)4)42(41-28-26-36-5)40-27-16-8-7-15-25-37-35(31-17-11-9-12-18-31,32-19-13-10-14-20-32)33-21-23-34(39-6)24-22-33/h9-14,17-24,29-30,37H,7-8,15-16,25-28H2,1-4,6H3. The van der Waals surface area contributed by atoms with Crippen LogP contribution in [0.2, 0.25) is 0 Å². The third kappa shape index (κ3) is 9.36. The third-order valence-electron chi connectivity index (χ3n) is 7.25. The van der Waals surface area contributed by atoms with Gasteiger partial charge in [0.15, 0.2) is 0 Å². The molecule has 0 spiro atoms. The Hall–Kier alpha value is -2.78. The van der Waals surface area contributed by atoms with Crippen LogP contribution in [0.4, 0.5) is 0 Å². The van der Waals surface area contributed by atoms with Gasteiger partial charge in [-0.3, -0.25) is 5.32 Å². The maximum Gasteiger partial charge on any atom is 0.259 e. The van der Waals surface area contributed by atoms with Gasteiger partial charge in [0.05, 0.1) is 19.3 Å². The van der Waals surface area contributed by atoms with E-state index in [1.165, 1.54) is 16.7 Å². The molecule has 0 aliphatic carbocycles.